The van der Waals surface area contributed by atoms with Gasteiger partial charge in [0.1, 0.15) is 0 Å². The second-order valence-electron chi connectivity index (χ2n) is 8.08. The average Bonchev–Trinajstić information content (AvgIpc) is 3.20. The molecule has 2 aromatic carbocycles. The standard InChI is InChI=1S/C24H24N2O6/c27-15(11-13-25-21(29)17-5-1-2-6-18(17)22(25)30)9-10-16(28)12-14-26-23(31)19-7-3-4-8-20(19)24(26)32/h1-8,15-16,27-28H,9-14H2. The molecule has 0 aromatic heterocycles. The van der Waals surface area contributed by atoms with Crippen LogP contribution in [0.25, 0.3) is 0 Å². The number of aliphatic hydroxyl groups excluding tert-OH is 2. The molecule has 32 heavy (non-hydrogen) atoms. The van der Waals surface area contributed by atoms with Crippen molar-refractivity contribution in [2.24, 2.45) is 0 Å². The number of fused-ring (bicyclic) bond motifs is 2. The lowest BCUT2D eigenvalue weighted by atomic mass is 10.1. The van der Waals surface area contributed by atoms with Gasteiger partial charge in [0.05, 0.1) is 34.5 Å². The van der Waals surface area contributed by atoms with Gasteiger partial charge in [0.2, 0.25) is 0 Å². The third kappa shape index (κ3) is 4.06. The van der Waals surface area contributed by atoms with Gasteiger partial charge in [0, 0.05) is 13.1 Å². The SMILES string of the molecule is O=C1c2ccccc2C(=O)N1CCC(O)CCC(O)CCN1C(=O)c2ccccc2C1=O. The summed E-state index contributed by atoms with van der Waals surface area (Å²) in [6.45, 7) is 0.192. The number of nitrogens with zero attached hydrogens (tertiary/aromatic N) is 2. The van der Waals surface area contributed by atoms with Gasteiger partial charge in [-0.1, -0.05) is 24.3 Å². The molecule has 2 aromatic rings. The van der Waals surface area contributed by atoms with Crippen molar-refractivity contribution in [2.45, 2.75) is 37.9 Å². The first-order valence-corrected chi connectivity index (χ1v) is 10.6. The molecule has 2 atom stereocenters. The van der Waals surface area contributed by atoms with Crippen LogP contribution < -0.4 is 0 Å². The van der Waals surface area contributed by atoms with Crippen molar-refractivity contribution in [3.05, 3.63) is 70.8 Å². The van der Waals surface area contributed by atoms with Crippen LogP contribution in [0.15, 0.2) is 48.5 Å². The first-order valence-electron chi connectivity index (χ1n) is 10.6. The first-order chi connectivity index (χ1) is 15.4. The summed E-state index contributed by atoms with van der Waals surface area (Å²) in [5.74, 6) is -1.45. The van der Waals surface area contributed by atoms with Crippen molar-refractivity contribution in [1.29, 1.82) is 0 Å². The predicted molar refractivity (Wildman–Crippen MR) is 114 cm³/mol. The van der Waals surface area contributed by atoms with Crippen LogP contribution in [0, 0.1) is 0 Å². The Morgan fingerprint density at radius 2 is 0.812 bits per heavy atom. The van der Waals surface area contributed by atoms with E-state index >= 15 is 0 Å². The second-order valence-corrected chi connectivity index (χ2v) is 8.08. The summed E-state index contributed by atoms with van der Waals surface area (Å²) < 4.78 is 0. The van der Waals surface area contributed by atoms with Crippen molar-refractivity contribution >= 4 is 23.6 Å². The topological polar surface area (TPSA) is 115 Å². The number of amides is 4. The van der Waals surface area contributed by atoms with Crippen LogP contribution in [0.4, 0.5) is 0 Å². The summed E-state index contributed by atoms with van der Waals surface area (Å²) in [6, 6.07) is 13.2. The molecule has 2 aliphatic rings. The maximum Gasteiger partial charge on any atom is 0.261 e. The number of hydrogen-bond acceptors (Lipinski definition) is 6. The van der Waals surface area contributed by atoms with Gasteiger partial charge in [-0.25, -0.2) is 0 Å². The Morgan fingerprint density at radius 1 is 0.531 bits per heavy atom. The lowest BCUT2D eigenvalue weighted by Gasteiger charge is -2.19. The molecule has 166 valence electrons. The lowest BCUT2D eigenvalue weighted by molar-refractivity contribution is 0.0558. The Balaban J connectivity index is 1.20. The fourth-order valence-electron chi connectivity index (χ4n) is 4.11. The van der Waals surface area contributed by atoms with Gasteiger partial charge < -0.3 is 10.2 Å². The molecule has 0 radical (unpaired) electrons. The molecular weight excluding hydrogens is 412 g/mol. The number of hydrogen-bond donors (Lipinski definition) is 2. The molecule has 2 N–H and O–H groups in total. The monoisotopic (exact) mass is 436 g/mol. The molecule has 0 aliphatic carbocycles. The summed E-state index contributed by atoms with van der Waals surface area (Å²) in [7, 11) is 0. The van der Waals surface area contributed by atoms with Crippen molar-refractivity contribution in [2.75, 3.05) is 13.1 Å². The molecule has 0 saturated heterocycles. The first kappa shape index (κ1) is 21.9. The normalized spacial score (nSPS) is 17.1. The summed E-state index contributed by atoms with van der Waals surface area (Å²) in [5, 5.41) is 20.5. The number of rotatable bonds is 9. The van der Waals surface area contributed by atoms with E-state index in [0.29, 0.717) is 22.3 Å². The van der Waals surface area contributed by atoms with Crippen molar-refractivity contribution in [1.82, 2.24) is 9.80 Å². The zero-order valence-electron chi connectivity index (χ0n) is 17.4. The van der Waals surface area contributed by atoms with Crippen LogP contribution in [0.2, 0.25) is 0 Å². The minimum absolute atomic E-state index is 0.0959. The predicted octanol–water partition coefficient (Wildman–Crippen LogP) is 1.86. The average molecular weight is 436 g/mol. The van der Waals surface area contributed by atoms with E-state index in [0.717, 1.165) is 9.80 Å². The highest BCUT2D eigenvalue weighted by Gasteiger charge is 2.36. The fraction of sp³-hybridized carbons (Fsp3) is 0.333. The highest BCUT2D eigenvalue weighted by Crippen LogP contribution is 2.24. The van der Waals surface area contributed by atoms with Gasteiger partial charge in [-0.05, 0) is 49.9 Å². The van der Waals surface area contributed by atoms with Crippen LogP contribution in [-0.4, -0.2) is 68.9 Å². The quantitative estimate of drug-likeness (QED) is 0.580. The maximum atomic E-state index is 12.4. The molecule has 0 spiro atoms. The molecule has 8 nitrogen and oxygen atoms in total. The highest BCUT2D eigenvalue weighted by molar-refractivity contribution is 6.22. The van der Waals surface area contributed by atoms with Crippen molar-refractivity contribution < 1.29 is 29.4 Å². The minimum Gasteiger partial charge on any atom is -0.393 e. The van der Waals surface area contributed by atoms with Crippen LogP contribution in [-0.2, 0) is 0 Å². The lowest BCUT2D eigenvalue weighted by Crippen LogP contribution is -2.33. The summed E-state index contributed by atoms with van der Waals surface area (Å²) in [5.41, 5.74) is 1.48. The van der Waals surface area contributed by atoms with E-state index in [9.17, 15) is 29.4 Å². The number of carbonyl (C=O) groups is 4. The Labute approximate surface area is 185 Å². The minimum atomic E-state index is -0.798. The summed E-state index contributed by atoms with van der Waals surface area (Å²) in [4.78, 5) is 51.7. The number of imide groups is 2. The van der Waals surface area contributed by atoms with Gasteiger partial charge in [-0.15, -0.1) is 0 Å². The van der Waals surface area contributed by atoms with Crippen LogP contribution >= 0.6 is 0 Å². The van der Waals surface area contributed by atoms with Gasteiger partial charge >= 0.3 is 0 Å². The third-order valence-electron chi connectivity index (χ3n) is 5.96. The second kappa shape index (κ2) is 9.02. The summed E-state index contributed by atoms with van der Waals surface area (Å²) in [6.07, 6.45) is -0.645. The zero-order valence-corrected chi connectivity index (χ0v) is 17.4. The van der Waals surface area contributed by atoms with E-state index in [2.05, 4.69) is 0 Å². The van der Waals surface area contributed by atoms with E-state index in [1.54, 1.807) is 48.5 Å². The van der Waals surface area contributed by atoms with Crippen LogP contribution in [0.3, 0.4) is 0 Å². The largest absolute Gasteiger partial charge is 0.393 e. The van der Waals surface area contributed by atoms with E-state index in [-0.39, 0.29) is 62.4 Å². The smallest absolute Gasteiger partial charge is 0.261 e. The molecule has 2 heterocycles. The molecule has 2 aliphatic heterocycles. The van der Waals surface area contributed by atoms with Crippen molar-refractivity contribution in [3.8, 4) is 0 Å². The molecule has 2 unspecified atom stereocenters. The van der Waals surface area contributed by atoms with Crippen LogP contribution in [0.5, 0.6) is 0 Å². The Bertz CT molecular complexity index is 926. The molecule has 4 rings (SSSR count). The molecule has 0 bridgehead atoms. The number of carbonyl (C=O) groups excluding carboxylic acids is 4. The Kier molecular flexibility index (Phi) is 6.16. The van der Waals surface area contributed by atoms with Gasteiger partial charge in [-0.3, -0.25) is 29.0 Å². The number of benzene rings is 2. The molecule has 0 saturated carbocycles. The molecule has 8 heteroatoms. The maximum absolute atomic E-state index is 12.4. The van der Waals surface area contributed by atoms with Crippen molar-refractivity contribution in [3.63, 3.8) is 0 Å². The highest BCUT2D eigenvalue weighted by atomic mass is 16.3. The fourth-order valence-corrected chi connectivity index (χ4v) is 4.11. The van der Waals surface area contributed by atoms with Gasteiger partial charge in [0.15, 0.2) is 0 Å². The molecule has 4 amide bonds. The Hall–Kier alpha value is -3.36. The third-order valence-corrected chi connectivity index (χ3v) is 5.96. The molecule has 0 fully saturated rings. The number of aliphatic hydroxyl groups is 2. The van der Waals surface area contributed by atoms with E-state index in [4.69, 9.17) is 0 Å². The van der Waals surface area contributed by atoms with E-state index < -0.39 is 12.2 Å². The van der Waals surface area contributed by atoms with Gasteiger partial charge in [0.25, 0.3) is 23.6 Å². The summed E-state index contributed by atoms with van der Waals surface area (Å²) >= 11 is 0. The Morgan fingerprint density at radius 3 is 1.09 bits per heavy atom. The van der Waals surface area contributed by atoms with E-state index in [1.165, 1.54) is 0 Å². The van der Waals surface area contributed by atoms with Gasteiger partial charge in [-0.2, -0.15) is 0 Å². The molecular formula is C24H24N2O6. The zero-order chi connectivity index (χ0) is 22.8. The van der Waals surface area contributed by atoms with Crippen LogP contribution in [0.1, 0.15) is 67.1 Å². The van der Waals surface area contributed by atoms with E-state index in [1.807, 2.05) is 0 Å².